The maximum atomic E-state index is 5.38. The fraction of sp³-hybridized carbons (Fsp3) is 1.00. The van der Waals surface area contributed by atoms with Crippen LogP contribution in [-0.4, -0.2) is 18.3 Å². The number of hydrogen-bond donors (Lipinski definition) is 1. The largest absolute Gasteiger partial charge is 0.373 e. The normalized spacial score (nSPS) is 15.3. The van der Waals surface area contributed by atoms with Gasteiger partial charge in [0.2, 0.25) is 0 Å². The Morgan fingerprint density at radius 3 is 2.20 bits per heavy atom. The first-order chi connectivity index (χ1) is 4.45. The molecule has 0 saturated carbocycles. The zero-order valence-electron chi connectivity index (χ0n) is 7.18. The minimum absolute atomic E-state index is 0.0285. The Morgan fingerprint density at radius 2 is 1.90 bits per heavy atom. The Morgan fingerprint density at radius 1 is 1.40 bits per heavy atom. The van der Waals surface area contributed by atoms with Crippen LogP contribution in [0, 0.1) is 0 Å². The van der Waals surface area contributed by atoms with Crippen molar-refractivity contribution >= 4 is 0 Å². The van der Waals surface area contributed by atoms with Crippen molar-refractivity contribution in [3.63, 3.8) is 0 Å². The molecular formula is C7H17NO2. The molecule has 3 heteroatoms. The third kappa shape index (κ3) is 6.01. The molecule has 0 radical (unpaired) electrons. The highest BCUT2D eigenvalue weighted by Gasteiger charge is 2.11. The highest BCUT2D eigenvalue weighted by Crippen LogP contribution is 2.07. The van der Waals surface area contributed by atoms with Gasteiger partial charge in [0.05, 0.1) is 18.3 Å². The molecule has 2 N–H and O–H groups in total. The van der Waals surface area contributed by atoms with Crippen LogP contribution >= 0.6 is 0 Å². The standard InChI is InChI=1S/C7H17NO2/c1-6(10-8)5-9-7(2,3)4/h6H,5,8H2,1-4H3. The molecule has 1 atom stereocenters. The van der Waals surface area contributed by atoms with E-state index in [-0.39, 0.29) is 11.7 Å². The summed E-state index contributed by atoms with van der Waals surface area (Å²) in [7, 11) is 0. The average Bonchev–Trinajstić information content (AvgIpc) is 1.81. The first kappa shape index (κ1) is 9.88. The van der Waals surface area contributed by atoms with E-state index in [0.717, 1.165) is 0 Å². The highest BCUT2D eigenvalue weighted by atomic mass is 16.6. The molecule has 0 spiro atoms. The van der Waals surface area contributed by atoms with Gasteiger partial charge in [-0.2, -0.15) is 0 Å². The Kier molecular flexibility index (Phi) is 3.86. The van der Waals surface area contributed by atoms with Crippen molar-refractivity contribution in [3.05, 3.63) is 0 Å². The van der Waals surface area contributed by atoms with Gasteiger partial charge in [0.15, 0.2) is 0 Å². The maximum absolute atomic E-state index is 5.38. The lowest BCUT2D eigenvalue weighted by Gasteiger charge is -2.21. The van der Waals surface area contributed by atoms with Crippen molar-refractivity contribution < 1.29 is 9.57 Å². The van der Waals surface area contributed by atoms with Crippen molar-refractivity contribution in [1.82, 2.24) is 0 Å². The molecule has 10 heavy (non-hydrogen) atoms. The van der Waals surface area contributed by atoms with Crippen LogP contribution in [0.25, 0.3) is 0 Å². The lowest BCUT2D eigenvalue weighted by atomic mass is 10.2. The molecule has 3 nitrogen and oxygen atoms in total. The molecule has 0 aliphatic carbocycles. The minimum Gasteiger partial charge on any atom is -0.373 e. The smallest absolute Gasteiger partial charge is 0.0992 e. The van der Waals surface area contributed by atoms with Gasteiger partial charge in [0.1, 0.15) is 0 Å². The monoisotopic (exact) mass is 147 g/mol. The van der Waals surface area contributed by atoms with Gasteiger partial charge < -0.3 is 4.74 Å². The molecule has 0 heterocycles. The van der Waals surface area contributed by atoms with Crippen LogP contribution in [0.15, 0.2) is 0 Å². The molecule has 0 saturated heterocycles. The summed E-state index contributed by atoms with van der Waals surface area (Å²) in [6.07, 6.45) is -0.0285. The molecule has 62 valence electrons. The molecule has 0 aliphatic heterocycles. The molecule has 1 unspecified atom stereocenters. The van der Waals surface area contributed by atoms with Gasteiger partial charge in [-0.15, -0.1) is 0 Å². The Bertz CT molecular complexity index is 88.1. The fourth-order valence-corrected chi connectivity index (χ4v) is 0.407. The highest BCUT2D eigenvalue weighted by molar-refractivity contribution is 4.59. The average molecular weight is 147 g/mol. The summed E-state index contributed by atoms with van der Waals surface area (Å²) >= 11 is 0. The molecule has 0 bridgehead atoms. The van der Waals surface area contributed by atoms with Crippen LogP contribution in [0.4, 0.5) is 0 Å². The summed E-state index contributed by atoms with van der Waals surface area (Å²) in [4.78, 5) is 4.52. The molecule has 0 aromatic carbocycles. The number of hydrogen-bond acceptors (Lipinski definition) is 3. The van der Waals surface area contributed by atoms with E-state index in [1.807, 2.05) is 27.7 Å². The van der Waals surface area contributed by atoms with E-state index in [9.17, 15) is 0 Å². The van der Waals surface area contributed by atoms with Crippen LogP contribution < -0.4 is 5.90 Å². The van der Waals surface area contributed by atoms with Crippen molar-refractivity contribution in [3.8, 4) is 0 Å². The van der Waals surface area contributed by atoms with E-state index < -0.39 is 0 Å². The van der Waals surface area contributed by atoms with E-state index in [4.69, 9.17) is 10.6 Å². The quantitative estimate of drug-likeness (QED) is 0.607. The summed E-state index contributed by atoms with van der Waals surface area (Å²) < 4.78 is 5.38. The van der Waals surface area contributed by atoms with Crippen LogP contribution in [0.2, 0.25) is 0 Å². The first-order valence-corrected chi connectivity index (χ1v) is 3.45. The predicted octanol–water partition coefficient (Wildman–Crippen LogP) is 1.08. The zero-order chi connectivity index (χ0) is 8.20. The van der Waals surface area contributed by atoms with Gasteiger partial charge in [0.25, 0.3) is 0 Å². The SMILES string of the molecule is CC(COC(C)(C)C)ON. The maximum Gasteiger partial charge on any atom is 0.0992 e. The van der Waals surface area contributed by atoms with Crippen molar-refractivity contribution in [2.24, 2.45) is 5.90 Å². The summed E-state index contributed by atoms with van der Waals surface area (Å²) in [5.41, 5.74) is -0.104. The van der Waals surface area contributed by atoms with Crippen LogP contribution in [0.3, 0.4) is 0 Å². The Labute approximate surface area is 62.4 Å². The number of ether oxygens (including phenoxy) is 1. The number of nitrogens with two attached hydrogens (primary N) is 1. The molecular weight excluding hydrogens is 130 g/mol. The summed E-state index contributed by atoms with van der Waals surface area (Å²) in [6, 6.07) is 0. The van der Waals surface area contributed by atoms with E-state index in [1.54, 1.807) is 0 Å². The third-order valence-electron chi connectivity index (χ3n) is 0.983. The predicted molar refractivity (Wildman–Crippen MR) is 40.4 cm³/mol. The molecule has 0 amide bonds. The molecule has 0 aromatic rings. The summed E-state index contributed by atoms with van der Waals surface area (Å²) in [6.45, 7) is 8.40. The summed E-state index contributed by atoms with van der Waals surface area (Å²) in [5, 5.41) is 0. The van der Waals surface area contributed by atoms with E-state index >= 15 is 0 Å². The number of rotatable bonds is 3. The van der Waals surface area contributed by atoms with E-state index in [2.05, 4.69) is 4.84 Å². The van der Waals surface area contributed by atoms with Crippen LogP contribution in [0.1, 0.15) is 27.7 Å². The second-order valence-corrected chi connectivity index (χ2v) is 3.37. The molecule has 0 aliphatic rings. The second kappa shape index (κ2) is 3.91. The molecule has 0 aromatic heterocycles. The first-order valence-electron chi connectivity index (χ1n) is 3.45. The molecule has 0 rings (SSSR count). The lowest BCUT2D eigenvalue weighted by molar-refractivity contribution is -0.0673. The Balaban J connectivity index is 3.36. The zero-order valence-corrected chi connectivity index (χ0v) is 7.18. The van der Waals surface area contributed by atoms with Crippen LogP contribution in [-0.2, 0) is 9.57 Å². The third-order valence-corrected chi connectivity index (χ3v) is 0.983. The summed E-state index contributed by atoms with van der Waals surface area (Å²) in [5.74, 6) is 4.92. The van der Waals surface area contributed by atoms with Gasteiger partial charge >= 0.3 is 0 Å². The van der Waals surface area contributed by atoms with Crippen LogP contribution in [0.5, 0.6) is 0 Å². The fourth-order valence-electron chi connectivity index (χ4n) is 0.407. The topological polar surface area (TPSA) is 44.5 Å². The van der Waals surface area contributed by atoms with Crippen molar-refractivity contribution in [2.45, 2.75) is 39.4 Å². The van der Waals surface area contributed by atoms with E-state index in [1.165, 1.54) is 0 Å². The van der Waals surface area contributed by atoms with Crippen molar-refractivity contribution in [2.75, 3.05) is 6.61 Å². The van der Waals surface area contributed by atoms with Gasteiger partial charge in [0, 0.05) is 0 Å². The Hall–Kier alpha value is -0.120. The van der Waals surface area contributed by atoms with Gasteiger partial charge in [-0.1, -0.05) is 0 Å². The van der Waals surface area contributed by atoms with E-state index in [0.29, 0.717) is 6.61 Å². The molecule has 0 fully saturated rings. The van der Waals surface area contributed by atoms with Crippen molar-refractivity contribution in [1.29, 1.82) is 0 Å². The minimum atomic E-state index is -0.104. The van der Waals surface area contributed by atoms with Gasteiger partial charge in [-0.25, -0.2) is 5.90 Å². The van der Waals surface area contributed by atoms with Gasteiger partial charge in [-0.05, 0) is 27.7 Å². The van der Waals surface area contributed by atoms with Gasteiger partial charge in [-0.3, -0.25) is 4.84 Å². The lowest BCUT2D eigenvalue weighted by Crippen LogP contribution is -2.27. The second-order valence-electron chi connectivity index (χ2n) is 3.37.